The minimum Gasteiger partial charge on any atom is -0.481 e. The molecule has 0 radical (unpaired) electrons. The van der Waals surface area contributed by atoms with Crippen LogP contribution in [0.3, 0.4) is 0 Å². The Labute approximate surface area is 192 Å². The van der Waals surface area contributed by atoms with Gasteiger partial charge in [-0.2, -0.15) is 0 Å². The molecule has 0 bridgehead atoms. The van der Waals surface area contributed by atoms with Crippen LogP contribution in [-0.2, 0) is 14.3 Å². The van der Waals surface area contributed by atoms with Gasteiger partial charge in [0.15, 0.2) is 0 Å². The minimum absolute atomic E-state index is 0.0590. The summed E-state index contributed by atoms with van der Waals surface area (Å²) in [6, 6.07) is 15.3. The van der Waals surface area contributed by atoms with Crippen LogP contribution < -0.4 is 10.6 Å². The number of ether oxygens (including phenoxy) is 1. The van der Waals surface area contributed by atoms with Gasteiger partial charge in [0.1, 0.15) is 12.6 Å². The maximum Gasteiger partial charge on any atom is 0.407 e. The molecular weight excluding hydrogens is 420 g/mol. The van der Waals surface area contributed by atoms with Crippen molar-refractivity contribution >= 4 is 18.0 Å². The van der Waals surface area contributed by atoms with E-state index in [1.54, 1.807) is 6.92 Å². The molecule has 2 atom stereocenters. The Kier molecular flexibility index (Phi) is 5.15. The quantitative estimate of drug-likeness (QED) is 0.599. The summed E-state index contributed by atoms with van der Waals surface area (Å²) in [4.78, 5) is 36.7. The average Bonchev–Trinajstić information content (AvgIpc) is 3.41. The van der Waals surface area contributed by atoms with Gasteiger partial charge in [-0.3, -0.25) is 9.59 Å². The standard InChI is InChI=1S/C26H28N2O5/c1-16(22(29)27-15-26(23(30)31)14-25(26)11-6-12-25)28-24(32)33-13-21-19-9-4-2-7-17(19)18-8-3-5-10-20(18)21/h2-5,7-10,16,21H,6,11-15H2,1H3,(H,27,29)(H,28,32)(H,30,31)/t16-,26?/m0/s1. The van der Waals surface area contributed by atoms with Crippen LogP contribution in [0.1, 0.15) is 49.7 Å². The lowest BCUT2D eigenvalue weighted by molar-refractivity contribution is -0.146. The van der Waals surface area contributed by atoms with E-state index in [9.17, 15) is 19.5 Å². The van der Waals surface area contributed by atoms with E-state index in [1.807, 2.05) is 36.4 Å². The summed E-state index contributed by atoms with van der Waals surface area (Å²) in [5.74, 6) is -1.32. The third-order valence-electron chi connectivity index (χ3n) is 7.89. The van der Waals surface area contributed by atoms with Crippen molar-refractivity contribution in [1.29, 1.82) is 0 Å². The number of carbonyl (C=O) groups excluding carboxylic acids is 2. The highest BCUT2D eigenvalue weighted by molar-refractivity contribution is 5.87. The second kappa shape index (κ2) is 7.90. The van der Waals surface area contributed by atoms with Crippen LogP contribution >= 0.6 is 0 Å². The molecule has 3 aliphatic rings. The highest BCUT2D eigenvalue weighted by Crippen LogP contribution is 2.73. The maximum atomic E-state index is 12.5. The van der Waals surface area contributed by atoms with Crippen molar-refractivity contribution in [2.24, 2.45) is 10.8 Å². The molecule has 2 fully saturated rings. The number of alkyl carbamates (subject to hydrolysis) is 1. The molecule has 2 aromatic carbocycles. The molecule has 3 N–H and O–H groups in total. The number of carboxylic acids is 1. The Bertz CT molecular complexity index is 1080. The van der Waals surface area contributed by atoms with Gasteiger partial charge in [-0.05, 0) is 53.9 Å². The van der Waals surface area contributed by atoms with Crippen molar-refractivity contribution in [1.82, 2.24) is 10.6 Å². The third-order valence-corrected chi connectivity index (χ3v) is 7.89. The van der Waals surface area contributed by atoms with Crippen LogP contribution in [0.2, 0.25) is 0 Å². The largest absolute Gasteiger partial charge is 0.481 e. The summed E-state index contributed by atoms with van der Waals surface area (Å²) < 4.78 is 5.49. The number of amides is 2. The molecule has 172 valence electrons. The van der Waals surface area contributed by atoms with Gasteiger partial charge in [-0.25, -0.2) is 4.79 Å². The third kappa shape index (κ3) is 3.46. The topological polar surface area (TPSA) is 105 Å². The molecule has 33 heavy (non-hydrogen) atoms. The number of rotatable bonds is 7. The SMILES string of the molecule is C[C@H](NC(=O)OCC1c2ccccc2-c2ccccc21)C(=O)NCC1(C(=O)O)CC12CCC2. The van der Waals surface area contributed by atoms with Crippen LogP contribution in [0.4, 0.5) is 4.79 Å². The van der Waals surface area contributed by atoms with E-state index in [2.05, 4.69) is 22.8 Å². The maximum absolute atomic E-state index is 12.5. The first-order valence-electron chi connectivity index (χ1n) is 11.5. The normalized spacial score (nSPS) is 22.5. The molecule has 0 aromatic heterocycles. The molecule has 2 aromatic rings. The molecule has 0 heterocycles. The lowest BCUT2D eigenvalue weighted by atomic mass is 9.75. The van der Waals surface area contributed by atoms with Crippen molar-refractivity contribution in [2.75, 3.05) is 13.2 Å². The zero-order valence-electron chi connectivity index (χ0n) is 18.6. The first-order chi connectivity index (χ1) is 15.9. The Balaban J connectivity index is 1.15. The average molecular weight is 449 g/mol. The van der Waals surface area contributed by atoms with Crippen LogP contribution in [0.25, 0.3) is 11.1 Å². The molecule has 7 heteroatoms. The minimum atomic E-state index is -0.857. The Morgan fingerprint density at radius 1 is 1.06 bits per heavy atom. The molecule has 1 unspecified atom stereocenters. The van der Waals surface area contributed by atoms with E-state index < -0.39 is 29.4 Å². The lowest BCUT2D eigenvalue weighted by Gasteiger charge is -2.31. The number of benzene rings is 2. The monoisotopic (exact) mass is 448 g/mol. The van der Waals surface area contributed by atoms with Gasteiger partial charge in [0.25, 0.3) is 0 Å². The van der Waals surface area contributed by atoms with E-state index in [0.29, 0.717) is 6.42 Å². The zero-order valence-corrected chi connectivity index (χ0v) is 18.6. The Morgan fingerprint density at radius 2 is 1.67 bits per heavy atom. The fourth-order valence-electron chi connectivity index (χ4n) is 5.69. The molecule has 0 saturated heterocycles. The summed E-state index contributed by atoms with van der Waals surface area (Å²) in [5, 5.41) is 15.0. The van der Waals surface area contributed by atoms with Crippen molar-refractivity contribution in [2.45, 2.75) is 44.6 Å². The van der Waals surface area contributed by atoms with Crippen molar-refractivity contribution in [3.8, 4) is 11.1 Å². The fraction of sp³-hybridized carbons (Fsp3) is 0.423. The number of nitrogens with one attached hydrogen (secondary N) is 2. The second-order valence-corrected chi connectivity index (χ2v) is 9.61. The summed E-state index contributed by atoms with van der Waals surface area (Å²) in [6.07, 6.45) is 2.80. The van der Waals surface area contributed by atoms with Crippen LogP contribution in [0, 0.1) is 10.8 Å². The summed E-state index contributed by atoms with van der Waals surface area (Å²) in [6.45, 7) is 1.83. The van der Waals surface area contributed by atoms with Crippen LogP contribution in [-0.4, -0.2) is 42.3 Å². The Hall–Kier alpha value is -3.35. The van der Waals surface area contributed by atoms with Gasteiger partial charge in [0.05, 0.1) is 5.41 Å². The van der Waals surface area contributed by atoms with Crippen molar-refractivity contribution < 1.29 is 24.2 Å². The van der Waals surface area contributed by atoms with E-state index in [0.717, 1.165) is 41.5 Å². The molecule has 0 aliphatic heterocycles. The number of fused-ring (bicyclic) bond motifs is 3. The van der Waals surface area contributed by atoms with Crippen molar-refractivity contribution in [3.05, 3.63) is 59.7 Å². The molecule has 5 rings (SSSR count). The molecule has 2 amide bonds. The van der Waals surface area contributed by atoms with Gasteiger partial charge in [0, 0.05) is 12.5 Å². The molecule has 1 spiro atoms. The van der Waals surface area contributed by atoms with E-state index >= 15 is 0 Å². The van der Waals surface area contributed by atoms with Gasteiger partial charge in [-0.15, -0.1) is 0 Å². The number of carbonyl (C=O) groups is 3. The summed E-state index contributed by atoms with van der Waals surface area (Å²) in [7, 11) is 0. The molecular formula is C26H28N2O5. The lowest BCUT2D eigenvalue weighted by Crippen LogP contribution is -2.48. The second-order valence-electron chi connectivity index (χ2n) is 9.61. The predicted molar refractivity (Wildman–Crippen MR) is 122 cm³/mol. The highest BCUT2D eigenvalue weighted by atomic mass is 16.5. The van der Waals surface area contributed by atoms with Gasteiger partial charge in [-0.1, -0.05) is 55.0 Å². The van der Waals surface area contributed by atoms with E-state index in [-0.39, 0.29) is 24.5 Å². The smallest absolute Gasteiger partial charge is 0.407 e. The summed E-state index contributed by atoms with van der Waals surface area (Å²) >= 11 is 0. The molecule has 2 saturated carbocycles. The van der Waals surface area contributed by atoms with E-state index in [4.69, 9.17) is 4.74 Å². The number of hydrogen-bond acceptors (Lipinski definition) is 4. The first kappa shape index (κ1) is 21.5. The van der Waals surface area contributed by atoms with Crippen LogP contribution in [0.5, 0.6) is 0 Å². The van der Waals surface area contributed by atoms with E-state index in [1.165, 1.54) is 0 Å². The number of hydrogen-bond donors (Lipinski definition) is 3. The fourth-order valence-corrected chi connectivity index (χ4v) is 5.69. The van der Waals surface area contributed by atoms with Crippen LogP contribution in [0.15, 0.2) is 48.5 Å². The number of aliphatic carboxylic acids is 1. The molecule has 3 aliphatic carbocycles. The van der Waals surface area contributed by atoms with Crippen molar-refractivity contribution in [3.63, 3.8) is 0 Å². The van der Waals surface area contributed by atoms with Gasteiger partial charge >= 0.3 is 12.1 Å². The molecule has 7 nitrogen and oxygen atoms in total. The summed E-state index contributed by atoms with van der Waals surface area (Å²) in [5.41, 5.74) is 3.52. The first-order valence-corrected chi connectivity index (χ1v) is 11.5. The van der Waals surface area contributed by atoms with Gasteiger partial charge < -0.3 is 20.5 Å². The Morgan fingerprint density at radius 3 is 2.18 bits per heavy atom. The number of carboxylic acid groups (broad SMARTS) is 1. The zero-order chi connectivity index (χ0) is 23.2. The predicted octanol–water partition coefficient (Wildman–Crippen LogP) is 3.67. The van der Waals surface area contributed by atoms with Gasteiger partial charge in [0.2, 0.25) is 5.91 Å². The highest BCUT2D eigenvalue weighted by Gasteiger charge is 2.73.